The Morgan fingerprint density at radius 2 is 2.09 bits per heavy atom. The van der Waals surface area contributed by atoms with Gasteiger partial charge in [-0.1, -0.05) is 5.16 Å². The maximum absolute atomic E-state index is 12.7. The second-order valence-electron chi connectivity index (χ2n) is 6.31. The first-order valence-electron chi connectivity index (χ1n) is 8.79. The maximum Gasteiger partial charge on any atom is 0.404 e. The third-order valence-electron chi connectivity index (χ3n) is 4.24. The molecular formula is C17H16N4O10S. The van der Waals surface area contributed by atoms with Crippen molar-refractivity contribution < 1.29 is 48.2 Å². The molecule has 3 rings (SSSR count). The highest BCUT2D eigenvalue weighted by molar-refractivity contribution is 8.00. The number of thioether (sulfide) groups is 1. The minimum atomic E-state index is -1.41. The number of β-lactam (4-membered cyclic amide) rings is 1. The van der Waals surface area contributed by atoms with Gasteiger partial charge in [-0.05, 0) is 12.1 Å². The van der Waals surface area contributed by atoms with E-state index in [1.54, 1.807) is 0 Å². The largest absolute Gasteiger partial charge is 0.479 e. The van der Waals surface area contributed by atoms with E-state index in [1.807, 2.05) is 0 Å². The molecule has 0 saturated carbocycles. The van der Waals surface area contributed by atoms with Crippen LogP contribution in [-0.4, -0.2) is 81.1 Å². The Balaban J connectivity index is 1.76. The van der Waals surface area contributed by atoms with E-state index in [9.17, 15) is 29.1 Å². The predicted molar refractivity (Wildman–Crippen MR) is 104 cm³/mol. The van der Waals surface area contributed by atoms with Gasteiger partial charge in [0.2, 0.25) is 12.3 Å². The van der Waals surface area contributed by atoms with Crippen molar-refractivity contribution >= 4 is 47.3 Å². The zero-order valence-electron chi connectivity index (χ0n) is 16.0. The molecule has 3 heterocycles. The summed E-state index contributed by atoms with van der Waals surface area (Å²) >= 11 is 1.14. The van der Waals surface area contributed by atoms with Crippen LogP contribution in [0.2, 0.25) is 0 Å². The van der Waals surface area contributed by atoms with Crippen molar-refractivity contribution in [1.82, 2.24) is 10.2 Å². The fourth-order valence-electron chi connectivity index (χ4n) is 2.93. The van der Waals surface area contributed by atoms with Crippen molar-refractivity contribution in [1.29, 1.82) is 0 Å². The van der Waals surface area contributed by atoms with Crippen LogP contribution in [0.1, 0.15) is 5.76 Å². The highest BCUT2D eigenvalue weighted by atomic mass is 32.2. The van der Waals surface area contributed by atoms with E-state index in [0.29, 0.717) is 0 Å². The quantitative estimate of drug-likeness (QED) is 0.194. The number of aliphatic carboxylic acids is 2. The van der Waals surface area contributed by atoms with Gasteiger partial charge in [0.15, 0.2) is 5.76 Å². The third-order valence-corrected chi connectivity index (χ3v) is 5.58. The van der Waals surface area contributed by atoms with Gasteiger partial charge in [0.1, 0.15) is 23.7 Å². The SMILES string of the molecule is NC(=O)OCC1=C(C(=O)O)N2C(=O)[C@@H](NC(=O)C(=NOCC(=O)O)c3ccco3)[C@H]2SC1. The molecule has 1 saturated heterocycles. The van der Waals surface area contributed by atoms with Gasteiger partial charge < -0.3 is 35.3 Å². The normalized spacial score (nSPS) is 20.2. The van der Waals surface area contributed by atoms with Crippen LogP contribution in [0.15, 0.2) is 39.2 Å². The number of rotatable bonds is 9. The monoisotopic (exact) mass is 468 g/mol. The number of oxime groups is 1. The number of hydrogen-bond donors (Lipinski definition) is 4. The number of ether oxygens (including phenoxy) is 1. The molecular weight excluding hydrogens is 452 g/mol. The summed E-state index contributed by atoms with van der Waals surface area (Å²) in [5.41, 5.74) is 4.32. The van der Waals surface area contributed by atoms with Crippen LogP contribution in [0.4, 0.5) is 4.79 Å². The lowest BCUT2D eigenvalue weighted by atomic mass is 10.0. The summed E-state index contributed by atoms with van der Waals surface area (Å²) in [6.07, 6.45) is 0.159. The molecule has 170 valence electrons. The zero-order valence-corrected chi connectivity index (χ0v) is 16.9. The van der Waals surface area contributed by atoms with E-state index in [1.165, 1.54) is 18.4 Å². The van der Waals surface area contributed by atoms with Crippen molar-refractivity contribution in [2.24, 2.45) is 10.9 Å². The summed E-state index contributed by atoms with van der Waals surface area (Å²) in [6, 6.07) is 1.74. The molecule has 14 nitrogen and oxygen atoms in total. The molecule has 0 bridgehead atoms. The van der Waals surface area contributed by atoms with Gasteiger partial charge in [0, 0.05) is 11.3 Å². The summed E-state index contributed by atoms with van der Waals surface area (Å²) in [7, 11) is 0. The molecule has 5 N–H and O–H groups in total. The Morgan fingerprint density at radius 3 is 2.69 bits per heavy atom. The number of nitrogens with zero attached hydrogens (tertiary/aromatic N) is 2. The maximum atomic E-state index is 12.7. The first kappa shape index (κ1) is 22.7. The van der Waals surface area contributed by atoms with Gasteiger partial charge in [-0.3, -0.25) is 14.5 Å². The van der Waals surface area contributed by atoms with Gasteiger partial charge in [0.25, 0.3) is 11.8 Å². The zero-order chi connectivity index (χ0) is 23.4. The number of amides is 3. The molecule has 0 radical (unpaired) electrons. The Labute approximate surface area is 183 Å². The van der Waals surface area contributed by atoms with Gasteiger partial charge in [-0.15, -0.1) is 11.8 Å². The summed E-state index contributed by atoms with van der Waals surface area (Å²) < 4.78 is 9.73. The van der Waals surface area contributed by atoms with Gasteiger partial charge in [0.05, 0.1) is 6.26 Å². The fraction of sp³-hybridized carbons (Fsp3) is 0.294. The molecule has 15 heteroatoms. The molecule has 2 aliphatic heterocycles. The average Bonchev–Trinajstić information content (AvgIpc) is 3.26. The van der Waals surface area contributed by atoms with Crippen LogP contribution in [0.3, 0.4) is 0 Å². The van der Waals surface area contributed by atoms with E-state index < -0.39 is 60.2 Å². The molecule has 2 atom stereocenters. The summed E-state index contributed by atoms with van der Waals surface area (Å²) in [4.78, 5) is 64.0. The molecule has 1 aromatic rings. The Kier molecular flexibility index (Phi) is 6.67. The second kappa shape index (κ2) is 9.42. The van der Waals surface area contributed by atoms with E-state index in [-0.39, 0.29) is 22.8 Å². The van der Waals surface area contributed by atoms with Crippen molar-refractivity contribution in [2.75, 3.05) is 19.0 Å². The minimum absolute atomic E-state index is 0.0372. The summed E-state index contributed by atoms with van der Waals surface area (Å²) in [5.74, 6) is -4.26. The van der Waals surface area contributed by atoms with Crippen molar-refractivity contribution in [3.63, 3.8) is 0 Å². The van der Waals surface area contributed by atoms with Gasteiger partial charge >= 0.3 is 18.0 Å². The lowest BCUT2D eigenvalue weighted by molar-refractivity contribution is -0.150. The first-order chi connectivity index (χ1) is 15.2. The Hall–Kier alpha value is -4.01. The van der Waals surface area contributed by atoms with E-state index in [4.69, 9.17) is 15.3 Å². The number of nitrogens with two attached hydrogens (primary N) is 1. The average molecular weight is 468 g/mol. The molecule has 0 unspecified atom stereocenters. The number of hydrogen-bond acceptors (Lipinski definition) is 10. The molecule has 3 amide bonds. The number of carboxylic acids is 2. The van der Waals surface area contributed by atoms with Crippen LogP contribution in [0.25, 0.3) is 0 Å². The standard InChI is InChI=1S/C17H16N4O10S/c18-17(28)30-4-7-6-32-15-11(14(25)21(15)12(7)16(26)27)19-13(24)10(8-2-1-3-29-8)20-31-5-9(22)23/h1-3,11,15H,4-6H2,(H2,18,28)(H,19,24)(H,22,23)(H,26,27)/t11-,15-/m1/s1. The lowest BCUT2D eigenvalue weighted by Crippen LogP contribution is -2.71. The molecule has 2 aliphatic rings. The smallest absolute Gasteiger partial charge is 0.404 e. The molecule has 0 spiro atoms. The molecule has 1 aromatic heterocycles. The number of carboxylic acid groups (broad SMARTS) is 2. The number of carbonyl (C=O) groups excluding carboxylic acids is 3. The topological polar surface area (TPSA) is 211 Å². The van der Waals surface area contributed by atoms with Gasteiger partial charge in [-0.25, -0.2) is 14.4 Å². The minimum Gasteiger partial charge on any atom is -0.479 e. The van der Waals surface area contributed by atoms with Crippen LogP contribution < -0.4 is 11.1 Å². The number of carbonyl (C=O) groups is 5. The molecule has 0 aliphatic carbocycles. The van der Waals surface area contributed by atoms with E-state index in [0.717, 1.165) is 16.7 Å². The lowest BCUT2D eigenvalue weighted by Gasteiger charge is -2.49. The number of fused-ring (bicyclic) bond motifs is 1. The van der Waals surface area contributed by atoms with Crippen molar-refractivity contribution in [3.05, 3.63) is 35.4 Å². The Morgan fingerprint density at radius 1 is 1.34 bits per heavy atom. The van der Waals surface area contributed by atoms with Crippen molar-refractivity contribution in [3.8, 4) is 0 Å². The van der Waals surface area contributed by atoms with Crippen LogP contribution in [-0.2, 0) is 28.8 Å². The fourth-order valence-corrected chi connectivity index (χ4v) is 4.25. The van der Waals surface area contributed by atoms with Crippen molar-refractivity contribution in [2.45, 2.75) is 11.4 Å². The third kappa shape index (κ3) is 4.66. The van der Waals surface area contributed by atoms with Crippen LogP contribution >= 0.6 is 11.8 Å². The van der Waals surface area contributed by atoms with Crippen LogP contribution in [0, 0.1) is 0 Å². The number of furan rings is 1. The second-order valence-corrected chi connectivity index (χ2v) is 7.42. The van der Waals surface area contributed by atoms with E-state index in [2.05, 4.69) is 20.0 Å². The molecule has 0 aromatic carbocycles. The number of nitrogens with one attached hydrogen (secondary N) is 1. The van der Waals surface area contributed by atoms with Crippen LogP contribution in [0.5, 0.6) is 0 Å². The molecule has 32 heavy (non-hydrogen) atoms. The highest BCUT2D eigenvalue weighted by Crippen LogP contribution is 2.40. The van der Waals surface area contributed by atoms with E-state index >= 15 is 0 Å². The summed E-state index contributed by atoms with van der Waals surface area (Å²) in [6.45, 7) is -1.21. The molecule has 1 fully saturated rings. The number of primary amides is 1. The predicted octanol–water partition coefficient (Wildman–Crippen LogP) is -1.08. The highest BCUT2D eigenvalue weighted by Gasteiger charge is 2.54. The van der Waals surface area contributed by atoms with Gasteiger partial charge in [-0.2, -0.15) is 0 Å². The summed E-state index contributed by atoms with van der Waals surface area (Å²) in [5, 5.41) is 23.3. The Bertz CT molecular complexity index is 1020. The first-order valence-corrected chi connectivity index (χ1v) is 9.84.